The number of aliphatic hydroxyl groups is 1. The lowest BCUT2D eigenvalue weighted by Crippen LogP contribution is -2.28. The van der Waals surface area contributed by atoms with E-state index in [4.69, 9.17) is 23.2 Å². The first-order chi connectivity index (χ1) is 9.08. The average Bonchev–Trinajstić information content (AvgIpc) is 2.42. The van der Waals surface area contributed by atoms with Gasteiger partial charge in [-0.3, -0.25) is 0 Å². The van der Waals surface area contributed by atoms with Gasteiger partial charge in [0.25, 0.3) is 0 Å². The van der Waals surface area contributed by atoms with Crippen LogP contribution in [0.5, 0.6) is 0 Å². The summed E-state index contributed by atoms with van der Waals surface area (Å²) in [4.78, 5) is 0. The van der Waals surface area contributed by atoms with Crippen molar-refractivity contribution in [3.8, 4) is 0 Å². The summed E-state index contributed by atoms with van der Waals surface area (Å²) in [5.41, 5.74) is -0.411. The summed E-state index contributed by atoms with van der Waals surface area (Å²) in [6, 6.07) is 13.0. The number of hydrogen-bond acceptors (Lipinski definition) is 1. The first-order valence-corrected chi connectivity index (χ1v) is 6.78. The maximum Gasteiger partial charge on any atom is 0.123 e. The third kappa shape index (κ3) is 2.92. The van der Waals surface area contributed by atoms with Gasteiger partial charge < -0.3 is 5.11 Å². The molecule has 0 radical (unpaired) electrons. The summed E-state index contributed by atoms with van der Waals surface area (Å²) in [6.45, 7) is 0. The highest BCUT2D eigenvalue weighted by atomic mass is 35.5. The van der Waals surface area contributed by atoms with E-state index in [1.54, 1.807) is 12.1 Å². The molecular formula is C15H13Cl2FO. The molecule has 0 aliphatic heterocycles. The zero-order chi connectivity index (χ0) is 13.9. The predicted molar refractivity (Wildman–Crippen MR) is 76.2 cm³/mol. The largest absolute Gasteiger partial charge is 0.380 e. The number of rotatable bonds is 4. The SMILES string of the molecule is OC(CCCl)(c1ccccc1)c1cc(F)ccc1Cl. The van der Waals surface area contributed by atoms with Gasteiger partial charge in [-0.1, -0.05) is 41.9 Å². The molecule has 0 saturated heterocycles. The maximum absolute atomic E-state index is 13.4. The van der Waals surface area contributed by atoms with Gasteiger partial charge in [-0.05, 0) is 30.2 Å². The van der Waals surface area contributed by atoms with E-state index in [0.717, 1.165) is 0 Å². The van der Waals surface area contributed by atoms with Gasteiger partial charge in [-0.15, -0.1) is 11.6 Å². The summed E-state index contributed by atoms with van der Waals surface area (Å²) < 4.78 is 13.4. The van der Waals surface area contributed by atoms with Crippen LogP contribution in [0.25, 0.3) is 0 Å². The average molecular weight is 299 g/mol. The summed E-state index contributed by atoms with van der Waals surface area (Å²) in [6.07, 6.45) is 0.252. The molecule has 1 unspecified atom stereocenters. The van der Waals surface area contributed by atoms with Crippen molar-refractivity contribution in [2.75, 3.05) is 5.88 Å². The number of benzene rings is 2. The molecule has 19 heavy (non-hydrogen) atoms. The van der Waals surface area contributed by atoms with Crippen molar-refractivity contribution in [1.82, 2.24) is 0 Å². The van der Waals surface area contributed by atoms with Crippen molar-refractivity contribution in [2.45, 2.75) is 12.0 Å². The van der Waals surface area contributed by atoms with E-state index < -0.39 is 11.4 Å². The Morgan fingerprint density at radius 3 is 2.42 bits per heavy atom. The highest BCUT2D eigenvalue weighted by Gasteiger charge is 2.33. The molecule has 2 aromatic rings. The molecule has 100 valence electrons. The van der Waals surface area contributed by atoms with Crippen LogP contribution < -0.4 is 0 Å². The molecule has 1 N–H and O–H groups in total. The predicted octanol–water partition coefficient (Wildman–Crippen LogP) is 4.34. The fraction of sp³-hybridized carbons (Fsp3) is 0.200. The molecule has 2 rings (SSSR count). The lowest BCUT2D eigenvalue weighted by molar-refractivity contribution is 0.0772. The molecule has 0 fully saturated rings. The van der Waals surface area contributed by atoms with Crippen LogP contribution in [0, 0.1) is 5.82 Å². The second kappa shape index (κ2) is 5.91. The normalized spacial score (nSPS) is 14.1. The second-order valence-corrected chi connectivity index (χ2v) is 5.07. The van der Waals surface area contributed by atoms with Crippen LogP contribution in [-0.2, 0) is 5.60 Å². The minimum absolute atomic E-state index is 0.234. The van der Waals surface area contributed by atoms with Crippen LogP contribution in [0.4, 0.5) is 4.39 Å². The lowest BCUT2D eigenvalue weighted by Gasteiger charge is -2.29. The van der Waals surface area contributed by atoms with Gasteiger partial charge in [-0.25, -0.2) is 4.39 Å². The first kappa shape index (κ1) is 14.3. The van der Waals surface area contributed by atoms with Crippen LogP contribution in [0.1, 0.15) is 17.5 Å². The van der Waals surface area contributed by atoms with Crippen molar-refractivity contribution in [2.24, 2.45) is 0 Å². The van der Waals surface area contributed by atoms with Crippen LogP contribution in [0.3, 0.4) is 0 Å². The Hall–Kier alpha value is -1.09. The molecule has 2 aromatic carbocycles. The van der Waals surface area contributed by atoms with Gasteiger partial charge in [0, 0.05) is 16.5 Å². The summed E-state index contributed by atoms with van der Waals surface area (Å²) in [5, 5.41) is 11.2. The Morgan fingerprint density at radius 1 is 1.11 bits per heavy atom. The van der Waals surface area contributed by atoms with Gasteiger partial charge >= 0.3 is 0 Å². The third-order valence-corrected chi connectivity index (χ3v) is 3.60. The molecule has 0 aliphatic rings. The Labute approximate surface area is 121 Å². The molecule has 0 bridgehead atoms. The van der Waals surface area contributed by atoms with E-state index in [-0.39, 0.29) is 12.3 Å². The Morgan fingerprint density at radius 2 is 1.79 bits per heavy atom. The minimum atomic E-state index is -1.39. The minimum Gasteiger partial charge on any atom is -0.380 e. The smallest absolute Gasteiger partial charge is 0.123 e. The standard InChI is InChI=1S/C15H13Cl2FO/c16-9-8-15(19,11-4-2-1-3-5-11)13-10-12(18)6-7-14(13)17/h1-7,10,19H,8-9H2. The van der Waals surface area contributed by atoms with Crippen molar-refractivity contribution in [3.05, 3.63) is 70.5 Å². The molecule has 1 nitrogen and oxygen atoms in total. The van der Waals surface area contributed by atoms with E-state index in [2.05, 4.69) is 0 Å². The molecule has 4 heteroatoms. The van der Waals surface area contributed by atoms with E-state index in [0.29, 0.717) is 16.1 Å². The number of alkyl halides is 1. The summed E-state index contributed by atoms with van der Waals surface area (Å²) in [7, 11) is 0. The third-order valence-electron chi connectivity index (χ3n) is 3.08. The van der Waals surface area contributed by atoms with E-state index in [9.17, 15) is 9.50 Å². The van der Waals surface area contributed by atoms with Crippen molar-refractivity contribution < 1.29 is 9.50 Å². The van der Waals surface area contributed by atoms with Crippen molar-refractivity contribution in [3.63, 3.8) is 0 Å². The van der Waals surface area contributed by atoms with E-state index in [1.165, 1.54) is 18.2 Å². The molecule has 0 saturated carbocycles. The van der Waals surface area contributed by atoms with Gasteiger partial charge in [0.15, 0.2) is 0 Å². The van der Waals surface area contributed by atoms with Crippen LogP contribution in [0.2, 0.25) is 5.02 Å². The zero-order valence-electron chi connectivity index (χ0n) is 10.1. The second-order valence-electron chi connectivity index (χ2n) is 4.29. The van der Waals surface area contributed by atoms with Crippen LogP contribution in [-0.4, -0.2) is 11.0 Å². The van der Waals surface area contributed by atoms with E-state index in [1.807, 2.05) is 18.2 Å². The quantitative estimate of drug-likeness (QED) is 0.832. The topological polar surface area (TPSA) is 20.2 Å². The molecule has 0 spiro atoms. The summed E-state index contributed by atoms with van der Waals surface area (Å²) >= 11 is 11.9. The van der Waals surface area contributed by atoms with Crippen LogP contribution in [0.15, 0.2) is 48.5 Å². The van der Waals surface area contributed by atoms with Crippen molar-refractivity contribution in [1.29, 1.82) is 0 Å². The first-order valence-electron chi connectivity index (χ1n) is 5.87. The maximum atomic E-state index is 13.4. The van der Waals surface area contributed by atoms with Gasteiger partial charge in [0.1, 0.15) is 11.4 Å². The van der Waals surface area contributed by atoms with Crippen LogP contribution >= 0.6 is 23.2 Å². The molecule has 0 heterocycles. The van der Waals surface area contributed by atoms with Gasteiger partial charge in [-0.2, -0.15) is 0 Å². The molecular weight excluding hydrogens is 286 g/mol. The number of halogens is 3. The molecule has 0 aliphatic carbocycles. The van der Waals surface area contributed by atoms with E-state index >= 15 is 0 Å². The van der Waals surface area contributed by atoms with Crippen molar-refractivity contribution >= 4 is 23.2 Å². The fourth-order valence-electron chi connectivity index (χ4n) is 2.10. The highest BCUT2D eigenvalue weighted by molar-refractivity contribution is 6.31. The monoisotopic (exact) mass is 298 g/mol. The molecule has 0 amide bonds. The summed E-state index contributed by atoms with van der Waals surface area (Å²) in [5.74, 6) is -0.207. The fourth-order valence-corrected chi connectivity index (χ4v) is 2.65. The molecule has 0 aromatic heterocycles. The Balaban J connectivity index is 2.59. The van der Waals surface area contributed by atoms with Gasteiger partial charge in [0.05, 0.1) is 0 Å². The highest BCUT2D eigenvalue weighted by Crippen LogP contribution is 2.37. The zero-order valence-corrected chi connectivity index (χ0v) is 11.6. The lowest BCUT2D eigenvalue weighted by atomic mass is 9.84. The Bertz CT molecular complexity index is 559. The Kier molecular flexibility index (Phi) is 4.46. The molecule has 1 atom stereocenters. The number of hydrogen-bond donors (Lipinski definition) is 1. The van der Waals surface area contributed by atoms with Gasteiger partial charge in [0.2, 0.25) is 0 Å².